The third-order valence-corrected chi connectivity index (χ3v) is 7.95. The smallest absolute Gasteiger partial charge is 0.244 e. The zero-order valence-electron chi connectivity index (χ0n) is 23.3. The van der Waals surface area contributed by atoms with E-state index in [2.05, 4.69) is 22.1 Å². The van der Waals surface area contributed by atoms with Gasteiger partial charge in [-0.15, -0.1) is 0 Å². The van der Waals surface area contributed by atoms with Gasteiger partial charge in [0.1, 0.15) is 6.54 Å². The van der Waals surface area contributed by atoms with Gasteiger partial charge in [-0.3, -0.25) is 19.2 Å². The van der Waals surface area contributed by atoms with Crippen molar-refractivity contribution in [3.63, 3.8) is 0 Å². The summed E-state index contributed by atoms with van der Waals surface area (Å²) < 4.78 is 1.75. The molecule has 2 atom stereocenters. The molecule has 2 aliphatic rings. The van der Waals surface area contributed by atoms with Crippen molar-refractivity contribution in [1.29, 1.82) is 10.5 Å². The van der Waals surface area contributed by atoms with E-state index in [9.17, 15) is 20.1 Å². The van der Waals surface area contributed by atoms with Crippen molar-refractivity contribution >= 4 is 11.7 Å². The molecular weight excluding hydrogens is 500 g/mol. The number of rotatable bonds is 6. The molecule has 2 fully saturated rings. The maximum atomic E-state index is 13.6. The molecule has 0 aliphatic carbocycles. The van der Waals surface area contributed by atoms with Crippen LogP contribution in [0.25, 0.3) is 22.4 Å². The highest BCUT2D eigenvalue weighted by atomic mass is 16.2. The van der Waals surface area contributed by atoms with Crippen LogP contribution in [0.1, 0.15) is 38.3 Å². The average molecular weight is 535 g/mol. The standard InChI is InChI=1S/C32H34N6O2/c1-32(2,3)29(39)20-36-16-24-12-25(17-36)19-37(18-24)30(40)21-38-31(27-10-6-23(14-34)7-11-27)28(15-35-38)26-8-4-22(13-33)5-9-26/h4-11,15,24-25H,12,16-21H2,1-3H3. The van der Waals surface area contributed by atoms with E-state index in [1.54, 1.807) is 35.1 Å². The summed E-state index contributed by atoms with van der Waals surface area (Å²) in [6.07, 6.45) is 2.85. The van der Waals surface area contributed by atoms with Gasteiger partial charge in [0, 0.05) is 42.7 Å². The minimum Gasteiger partial charge on any atom is -0.340 e. The van der Waals surface area contributed by atoms with Crippen molar-refractivity contribution in [2.75, 3.05) is 32.7 Å². The lowest BCUT2D eigenvalue weighted by Gasteiger charge is -2.46. The zero-order valence-corrected chi connectivity index (χ0v) is 23.3. The summed E-state index contributed by atoms with van der Waals surface area (Å²) in [6, 6.07) is 18.9. The van der Waals surface area contributed by atoms with Crippen LogP contribution in [0.2, 0.25) is 0 Å². The number of hydrogen-bond donors (Lipinski definition) is 0. The van der Waals surface area contributed by atoms with Crippen LogP contribution in [-0.2, 0) is 16.1 Å². The minimum absolute atomic E-state index is 0.0262. The van der Waals surface area contributed by atoms with Crippen molar-refractivity contribution in [3.8, 4) is 34.5 Å². The van der Waals surface area contributed by atoms with Crippen molar-refractivity contribution in [2.45, 2.75) is 33.7 Å². The number of carbonyl (C=O) groups is 2. The Morgan fingerprint density at radius 2 is 1.40 bits per heavy atom. The Kier molecular flexibility index (Phi) is 7.56. The van der Waals surface area contributed by atoms with Crippen LogP contribution in [0.15, 0.2) is 54.7 Å². The summed E-state index contributed by atoms with van der Waals surface area (Å²) in [5.41, 5.74) is 4.20. The molecule has 0 radical (unpaired) electrons. The number of amides is 1. The van der Waals surface area contributed by atoms with Gasteiger partial charge in [-0.05, 0) is 48.1 Å². The lowest BCUT2D eigenvalue weighted by molar-refractivity contribution is -0.138. The minimum atomic E-state index is -0.346. The first-order valence-electron chi connectivity index (χ1n) is 13.7. The van der Waals surface area contributed by atoms with Crippen molar-refractivity contribution in [3.05, 3.63) is 65.9 Å². The molecule has 2 saturated heterocycles. The van der Waals surface area contributed by atoms with Gasteiger partial charge in [0.25, 0.3) is 0 Å². The quantitative estimate of drug-likeness (QED) is 0.465. The summed E-state index contributed by atoms with van der Waals surface area (Å²) in [6.45, 7) is 9.53. The van der Waals surface area contributed by atoms with Crippen LogP contribution in [0.4, 0.5) is 0 Å². The summed E-state index contributed by atoms with van der Waals surface area (Å²) in [4.78, 5) is 30.5. The largest absolute Gasteiger partial charge is 0.340 e. The van der Waals surface area contributed by atoms with Gasteiger partial charge in [0.15, 0.2) is 5.78 Å². The Morgan fingerprint density at radius 3 is 1.93 bits per heavy atom. The third-order valence-electron chi connectivity index (χ3n) is 7.95. The number of ketones is 1. The van der Waals surface area contributed by atoms with E-state index in [1.165, 1.54) is 0 Å². The summed E-state index contributed by atoms with van der Waals surface area (Å²) in [7, 11) is 0. The number of benzene rings is 2. The van der Waals surface area contributed by atoms with Gasteiger partial charge in [-0.1, -0.05) is 45.0 Å². The van der Waals surface area contributed by atoms with Crippen LogP contribution in [0.3, 0.4) is 0 Å². The molecule has 1 amide bonds. The second-order valence-electron chi connectivity index (χ2n) is 12.1. The van der Waals surface area contributed by atoms with Crippen LogP contribution >= 0.6 is 0 Å². The van der Waals surface area contributed by atoms with Gasteiger partial charge < -0.3 is 4.90 Å². The van der Waals surface area contributed by atoms with E-state index in [0.29, 0.717) is 42.6 Å². The van der Waals surface area contributed by atoms with Crippen molar-refractivity contribution in [1.82, 2.24) is 19.6 Å². The molecule has 5 rings (SSSR count). The van der Waals surface area contributed by atoms with E-state index in [4.69, 9.17) is 0 Å². The van der Waals surface area contributed by atoms with Crippen LogP contribution < -0.4 is 0 Å². The lowest BCUT2D eigenvalue weighted by Crippen LogP contribution is -2.55. The summed E-state index contributed by atoms with van der Waals surface area (Å²) in [5, 5.41) is 23.1. The second-order valence-corrected chi connectivity index (χ2v) is 12.1. The highest BCUT2D eigenvalue weighted by Gasteiger charge is 2.37. The predicted molar refractivity (Wildman–Crippen MR) is 152 cm³/mol. The Balaban J connectivity index is 1.35. The Hall–Kier alpha value is -4.27. The van der Waals surface area contributed by atoms with Crippen molar-refractivity contribution < 1.29 is 9.59 Å². The molecule has 3 aromatic rings. The van der Waals surface area contributed by atoms with Crippen LogP contribution in [0, 0.1) is 39.9 Å². The molecule has 8 heteroatoms. The molecule has 0 N–H and O–H groups in total. The van der Waals surface area contributed by atoms with Gasteiger partial charge >= 0.3 is 0 Å². The monoisotopic (exact) mass is 534 g/mol. The number of fused-ring (bicyclic) bond motifs is 2. The number of nitrogens with zero attached hydrogens (tertiary/aromatic N) is 6. The normalized spacial score (nSPS) is 19.1. The lowest BCUT2D eigenvalue weighted by atomic mass is 9.83. The molecule has 0 saturated carbocycles. The van der Waals surface area contributed by atoms with E-state index in [-0.39, 0.29) is 23.7 Å². The highest BCUT2D eigenvalue weighted by Crippen LogP contribution is 2.34. The van der Waals surface area contributed by atoms with E-state index >= 15 is 0 Å². The van der Waals surface area contributed by atoms with Gasteiger partial charge in [-0.25, -0.2) is 0 Å². The number of hydrogen-bond acceptors (Lipinski definition) is 6. The molecule has 40 heavy (non-hydrogen) atoms. The molecular formula is C32H34N6O2. The maximum absolute atomic E-state index is 13.6. The Labute approximate surface area is 235 Å². The molecule has 0 spiro atoms. The Morgan fingerprint density at radius 1 is 0.850 bits per heavy atom. The number of aromatic nitrogens is 2. The van der Waals surface area contributed by atoms with Crippen LogP contribution in [0.5, 0.6) is 0 Å². The number of carbonyl (C=O) groups excluding carboxylic acids is 2. The third kappa shape index (κ3) is 5.83. The highest BCUT2D eigenvalue weighted by molar-refractivity contribution is 5.85. The molecule has 204 valence electrons. The molecule has 3 heterocycles. The SMILES string of the molecule is CC(C)(C)C(=O)CN1CC2CC(C1)CN(C(=O)Cn1ncc(-c3ccc(C#N)cc3)c1-c1ccc(C#N)cc1)C2. The predicted octanol–water partition coefficient (Wildman–Crippen LogP) is 4.36. The zero-order chi connectivity index (χ0) is 28.4. The second kappa shape index (κ2) is 11.1. The summed E-state index contributed by atoms with van der Waals surface area (Å²) >= 11 is 0. The molecule has 1 aromatic heterocycles. The first-order chi connectivity index (χ1) is 19.1. The Bertz CT molecular complexity index is 1470. The van der Waals surface area contributed by atoms with E-state index in [1.807, 2.05) is 49.9 Å². The molecule has 2 unspecified atom stereocenters. The molecule has 2 aromatic carbocycles. The first kappa shape index (κ1) is 27.3. The van der Waals surface area contributed by atoms with Crippen molar-refractivity contribution in [2.24, 2.45) is 17.3 Å². The van der Waals surface area contributed by atoms with Gasteiger partial charge in [-0.2, -0.15) is 15.6 Å². The fraction of sp³-hybridized carbons (Fsp3) is 0.406. The van der Waals surface area contributed by atoms with Crippen LogP contribution in [-0.4, -0.2) is 64.0 Å². The van der Waals surface area contributed by atoms with E-state index in [0.717, 1.165) is 41.9 Å². The average Bonchev–Trinajstić information content (AvgIpc) is 3.35. The topological polar surface area (TPSA) is 106 Å². The number of Topliss-reactive ketones (excluding diaryl/α,β-unsaturated/α-hetero) is 1. The fourth-order valence-electron chi connectivity index (χ4n) is 5.84. The van der Waals surface area contributed by atoms with Gasteiger partial charge in [0.05, 0.1) is 41.7 Å². The maximum Gasteiger partial charge on any atom is 0.244 e. The fourth-order valence-corrected chi connectivity index (χ4v) is 5.84. The first-order valence-corrected chi connectivity index (χ1v) is 13.7. The number of nitriles is 2. The van der Waals surface area contributed by atoms with E-state index < -0.39 is 0 Å². The molecule has 2 aliphatic heterocycles. The van der Waals surface area contributed by atoms with Gasteiger partial charge in [0.2, 0.25) is 5.91 Å². The molecule has 2 bridgehead atoms. The number of likely N-dealkylation sites (tertiary alicyclic amines) is 2. The summed E-state index contributed by atoms with van der Waals surface area (Å²) in [5.74, 6) is 0.994. The number of piperidine rings is 2. The molecule has 8 nitrogen and oxygen atoms in total.